The number of rotatable bonds is 4. The fourth-order valence-electron chi connectivity index (χ4n) is 3.49. The Morgan fingerprint density at radius 3 is 2.92 bits per heavy atom. The number of fused-ring (bicyclic) bond motifs is 2. The van der Waals surface area contributed by atoms with E-state index in [0.717, 1.165) is 46.4 Å². The molecule has 0 saturated heterocycles. The molecule has 0 aliphatic heterocycles. The van der Waals surface area contributed by atoms with Crippen molar-refractivity contribution < 1.29 is 4.74 Å². The van der Waals surface area contributed by atoms with E-state index in [1.807, 2.05) is 54.2 Å². The maximum absolute atomic E-state index is 5.56. The molecule has 2 atom stereocenters. The van der Waals surface area contributed by atoms with E-state index >= 15 is 0 Å². The lowest BCUT2D eigenvalue weighted by molar-refractivity contribution is 0.340. The van der Waals surface area contributed by atoms with Crippen LogP contribution in [-0.4, -0.2) is 35.6 Å². The molecule has 2 unspecified atom stereocenters. The highest BCUT2D eigenvalue weighted by Crippen LogP contribution is 2.53. The monoisotopic (exact) mass is 348 g/mol. The third kappa shape index (κ3) is 2.34. The minimum absolute atomic E-state index is 0.324. The Kier molecular flexibility index (Phi) is 3.25. The lowest BCUT2D eigenvalue weighted by Crippen LogP contribution is -1.97. The van der Waals surface area contributed by atoms with Crippen LogP contribution in [0.15, 0.2) is 30.7 Å². The summed E-state index contributed by atoms with van der Waals surface area (Å²) in [6.45, 7) is 6.61. The van der Waals surface area contributed by atoms with Crippen LogP contribution in [0.1, 0.15) is 48.1 Å². The number of hydrogen-bond acceptors (Lipinski definition) is 5. The van der Waals surface area contributed by atoms with Crippen molar-refractivity contribution >= 4 is 11.3 Å². The molecular weight excluding hydrogens is 328 g/mol. The average Bonchev–Trinajstić information content (AvgIpc) is 3.11. The van der Waals surface area contributed by atoms with Gasteiger partial charge >= 0.3 is 0 Å². The standard InChI is InChI=1S/C19H20N6O/c1-4-26-13-5-6-24-10-16(21-17(24)7-13)14-8-15(14)18-22-19-12(3)20-9-11(2)25(19)23-18/h5-7,9-10,14-15H,4,8H2,1-3H3. The van der Waals surface area contributed by atoms with Gasteiger partial charge in [0.15, 0.2) is 11.5 Å². The molecule has 0 aromatic carbocycles. The van der Waals surface area contributed by atoms with Crippen LogP contribution in [-0.2, 0) is 0 Å². The van der Waals surface area contributed by atoms with Crippen molar-refractivity contribution in [3.8, 4) is 5.75 Å². The smallest absolute Gasteiger partial charge is 0.177 e. The molecule has 0 N–H and O–H groups in total. The second kappa shape index (κ2) is 5.52. The first-order valence-corrected chi connectivity index (χ1v) is 8.94. The van der Waals surface area contributed by atoms with Gasteiger partial charge in [0, 0.05) is 36.5 Å². The number of imidazole rings is 1. The fraction of sp³-hybridized carbons (Fsp3) is 0.368. The van der Waals surface area contributed by atoms with Crippen molar-refractivity contribution in [2.75, 3.05) is 6.61 Å². The first-order chi connectivity index (χ1) is 12.6. The van der Waals surface area contributed by atoms with Gasteiger partial charge in [-0.3, -0.25) is 4.98 Å². The number of nitrogens with zero attached hydrogens (tertiary/aromatic N) is 6. The summed E-state index contributed by atoms with van der Waals surface area (Å²) >= 11 is 0. The van der Waals surface area contributed by atoms with Gasteiger partial charge in [-0.05, 0) is 33.3 Å². The molecule has 0 bridgehead atoms. The van der Waals surface area contributed by atoms with Gasteiger partial charge in [0.1, 0.15) is 11.4 Å². The zero-order valence-corrected chi connectivity index (χ0v) is 15.0. The largest absolute Gasteiger partial charge is 0.494 e. The average molecular weight is 348 g/mol. The van der Waals surface area contributed by atoms with Gasteiger partial charge in [-0.15, -0.1) is 0 Å². The molecule has 1 aliphatic carbocycles. The summed E-state index contributed by atoms with van der Waals surface area (Å²) in [4.78, 5) is 13.9. The van der Waals surface area contributed by atoms with Gasteiger partial charge in [0.2, 0.25) is 0 Å². The SMILES string of the molecule is CCOc1ccn2cc(C3CC3c3nc4c(C)ncc(C)n4n3)nc2c1. The summed E-state index contributed by atoms with van der Waals surface area (Å²) in [6.07, 6.45) is 6.97. The summed E-state index contributed by atoms with van der Waals surface area (Å²) in [5.41, 5.74) is 4.76. The van der Waals surface area contributed by atoms with Crippen LogP contribution in [0.5, 0.6) is 5.75 Å². The highest BCUT2D eigenvalue weighted by molar-refractivity contribution is 5.48. The topological polar surface area (TPSA) is 69.6 Å². The molecule has 4 aromatic rings. The van der Waals surface area contributed by atoms with Gasteiger partial charge in [-0.25, -0.2) is 14.5 Å². The van der Waals surface area contributed by atoms with Gasteiger partial charge in [0.05, 0.1) is 23.7 Å². The van der Waals surface area contributed by atoms with Gasteiger partial charge in [0.25, 0.3) is 0 Å². The van der Waals surface area contributed by atoms with Crippen molar-refractivity contribution in [2.24, 2.45) is 0 Å². The number of aryl methyl sites for hydroxylation is 2. The summed E-state index contributed by atoms with van der Waals surface area (Å²) in [5.74, 6) is 2.44. The minimum atomic E-state index is 0.324. The molecule has 4 aromatic heterocycles. The number of hydrogen-bond donors (Lipinski definition) is 0. The Morgan fingerprint density at radius 1 is 1.23 bits per heavy atom. The zero-order chi connectivity index (χ0) is 17.8. The molecule has 0 spiro atoms. The molecule has 0 radical (unpaired) electrons. The summed E-state index contributed by atoms with van der Waals surface area (Å²) in [7, 11) is 0. The highest BCUT2D eigenvalue weighted by Gasteiger charge is 2.44. The van der Waals surface area contributed by atoms with E-state index in [1.165, 1.54) is 0 Å². The van der Waals surface area contributed by atoms with E-state index in [1.54, 1.807) is 0 Å². The second-order valence-electron chi connectivity index (χ2n) is 6.87. The Balaban J connectivity index is 1.46. The summed E-state index contributed by atoms with van der Waals surface area (Å²) in [5, 5.41) is 4.71. The van der Waals surface area contributed by atoms with Crippen LogP contribution in [0.4, 0.5) is 0 Å². The third-order valence-corrected chi connectivity index (χ3v) is 4.99. The lowest BCUT2D eigenvalue weighted by atomic mass is 10.2. The van der Waals surface area contributed by atoms with Crippen LogP contribution >= 0.6 is 0 Å². The van der Waals surface area contributed by atoms with Crippen molar-refractivity contribution in [3.05, 3.63) is 53.6 Å². The fourth-order valence-corrected chi connectivity index (χ4v) is 3.49. The molecule has 0 amide bonds. The Labute approximate surface area is 150 Å². The Morgan fingerprint density at radius 2 is 2.12 bits per heavy atom. The Hall–Kier alpha value is -2.96. The van der Waals surface area contributed by atoms with Crippen LogP contribution < -0.4 is 4.74 Å². The molecule has 132 valence electrons. The van der Waals surface area contributed by atoms with Crippen molar-refractivity contribution in [3.63, 3.8) is 0 Å². The van der Waals surface area contributed by atoms with E-state index in [-0.39, 0.29) is 0 Å². The van der Waals surface area contributed by atoms with E-state index in [4.69, 9.17) is 19.8 Å². The van der Waals surface area contributed by atoms with Crippen molar-refractivity contribution in [1.82, 2.24) is 29.0 Å². The molecule has 1 saturated carbocycles. The predicted molar refractivity (Wildman–Crippen MR) is 96.7 cm³/mol. The van der Waals surface area contributed by atoms with Crippen molar-refractivity contribution in [2.45, 2.75) is 39.0 Å². The molecule has 1 fully saturated rings. The molecule has 7 heteroatoms. The molecule has 7 nitrogen and oxygen atoms in total. The van der Waals surface area contributed by atoms with E-state index in [0.29, 0.717) is 18.4 Å². The van der Waals surface area contributed by atoms with Crippen LogP contribution in [0.3, 0.4) is 0 Å². The number of pyridine rings is 1. The summed E-state index contributed by atoms with van der Waals surface area (Å²) in [6, 6.07) is 3.94. The minimum Gasteiger partial charge on any atom is -0.494 e. The van der Waals surface area contributed by atoms with Crippen LogP contribution in [0, 0.1) is 13.8 Å². The van der Waals surface area contributed by atoms with Crippen molar-refractivity contribution in [1.29, 1.82) is 0 Å². The summed E-state index contributed by atoms with van der Waals surface area (Å²) < 4.78 is 9.50. The molecular formula is C19H20N6O. The molecule has 5 rings (SSSR count). The number of ether oxygens (including phenoxy) is 1. The van der Waals surface area contributed by atoms with Gasteiger partial charge in [-0.2, -0.15) is 5.10 Å². The van der Waals surface area contributed by atoms with Gasteiger partial charge in [-0.1, -0.05) is 0 Å². The van der Waals surface area contributed by atoms with E-state index in [9.17, 15) is 0 Å². The first-order valence-electron chi connectivity index (χ1n) is 8.94. The maximum atomic E-state index is 5.56. The maximum Gasteiger partial charge on any atom is 0.177 e. The van der Waals surface area contributed by atoms with Crippen LogP contribution in [0.25, 0.3) is 11.3 Å². The van der Waals surface area contributed by atoms with Gasteiger partial charge < -0.3 is 9.14 Å². The van der Waals surface area contributed by atoms with E-state index in [2.05, 4.69) is 11.2 Å². The molecule has 4 heterocycles. The quantitative estimate of drug-likeness (QED) is 0.567. The zero-order valence-electron chi connectivity index (χ0n) is 15.0. The highest BCUT2D eigenvalue weighted by atomic mass is 16.5. The number of aromatic nitrogens is 6. The predicted octanol–water partition coefficient (Wildman–Crippen LogP) is 3.06. The van der Waals surface area contributed by atoms with Crippen LogP contribution in [0.2, 0.25) is 0 Å². The first kappa shape index (κ1) is 15.3. The molecule has 1 aliphatic rings. The lowest BCUT2D eigenvalue weighted by Gasteiger charge is -2.01. The Bertz CT molecular complexity index is 1090. The second-order valence-corrected chi connectivity index (χ2v) is 6.87. The third-order valence-electron chi connectivity index (χ3n) is 4.99. The normalized spacial score (nSPS) is 19.3. The molecule has 26 heavy (non-hydrogen) atoms. The van der Waals surface area contributed by atoms with E-state index < -0.39 is 0 Å².